The van der Waals surface area contributed by atoms with E-state index < -0.39 is 10.0 Å². The summed E-state index contributed by atoms with van der Waals surface area (Å²) in [5.74, 6) is 0.215. The summed E-state index contributed by atoms with van der Waals surface area (Å²) < 4.78 is 26.9. The predicted octanol–water partition coefficient (Wildman–Crippen LogP) is 6.22. The van der Waals surface area contributed by atoms with E-state index in [4.69, 9.17) is 34.8 Å². The maximum absolute atomic E-state index is 12.8. The Morgan fingerprint density at radius 1 is 0.953 bits per heavy atom. The summed E-state index contributed by atoms with van der Waals surface area (Å²) in [7, 11) is -1.36. The SMILES string of the molecule is CCS(=O)(=O)n1cc(-c2nc(Nc3cc(Cl)c(N4CCC(N5CCN(C)CC5)CC4)cc3Cl)ncc2Cl)c2ccccc21. The third-order valence-electron chi connectivity index (χ3n) is 8.48. The molecule has 0 atom stereocenters. The van der Waals surface area contributed by atoms with Crippen LogP contribution in [-0.4, -0.2) is 90.3 Å². The van der Waals surface area contributed by atoms with Gasteiger partial charge in [0.05, 0.1) is 49.6 Å². The molecule has 4 aromatic rings. The Kier molecular flexibility index (Phi) is 8.79. The van der Waals surface area contributed by atoms with E-state index in [1.165, 1.54) is 10.2 Å². The van der Waals surface area contributed by atoms with Gasteiger partial charge in [-0.15, -0.1) is 0 Å². The van der Waals surface area contributed by atoms with Gasteiger partial charge in [-0.3, -0.25) is 4.90 Å². The average molecular weight is 663 g/mol. The van der Waals surface area contributed by atoms with Crippen molar-refractivity contribution in [3.8, 4) is 11.3 Å². The zero-order valence-electron chi connectivity index (χ0n) is 24.1. The van der Waals surface area contributed by atoms with E-state index >= 15 is 0 Å². The van der Waals surface area contributed by atoms with E-state index in [1.807, 2.05) is 18.2 Å². The Hall–Kier alpha value is -2.60. The van der Waals surface area contributed by atoms with Crippen LogP contribution in [0.4, 0.5) is 17.3 Å². The second-order valence-corrected chi connectivity index (χ2v) is 14.5. The fourth-order valence-corrected chi connectivity index (χ4v) is 7.66. The Labute approximate surface area is 267 Å². The second kappa shape index (κ2) is 12.4. The lowest BCUT2D eigenvalue weighted by molar-refractivity contribution is 0.0982. The highest BCUT2D eigenvalue weighted by Crippen LogP contribution is 2.39. The number of nitrogens with zero attached hydrogens (tertiary/aromatic N) is 6. The molecule has 1 N–H and O–H groups in total. The van der Waals surface area contributed by atoms with Gasteiger partial charge in [0.15, 0.2) is 0 Å². The van der Waals surface area contributed by atoms with E-state index in [-0.39, 0.29) is 11.7 Å². The van der Waals surface area contributed by atoms with Gasteiger partial charge in [0, 0.05) is 62.5 Å². The molecule has 9 nitrogen and oxygen atoms in total. The standard InChI is InChI=1S/C30H34Cl3N7O2S/c1-3-43(41,42)40-19-22(21-6-4-5-7-27(21)40)29-25(33)18-34-30(36-29)35-26-16-24(32)28(17-23(26)31)39-10-8-20(9-11-39)38-14-12-37(2)13-15-38/h4-7,16-20H,3,8-15H2,1-2H3,(H,34,35,36). The van der Waals surface area contributed by atoms with Crippen LogP contribution in [0, 0.1) is 0 Å². The molecule has 2 aromatic heterocycles. The third-order valence-corrected chi connectivity index (χ3v) is 11.0. The highest BCUT2D eigenvalue weighted by atomic mass is 35.5. The molecule has 43 heavy (non-hydrogen) atoms. The minimum absolute atomic E-state index is 0.0427. The number of aromatic nitrogens is 3. The van der Waals surface area contributed by atoms with Crippen LogP contribution in [0.1, 0.15) is 19.8 Å². The Morgan fingerprint density at radius 3 is 2.40 bits per heavy atom. The molecule has 0 radical (unpaired) electrons. The van der Waals surface area contributed by atoms with Crippen LogP contribution >= 0.6 is 34.8 Å². The number of piperidine rings is 1. The summed E-state index contributed by atoms with van der Waals surface area (Å²) in [4.78, 5) is 16.3. The molecule has 6 rings (SSSR count). The molecule has 0 spiro atoms. The molecule has 228 valence electrons. The first-order chi connectivity index (χ1) is 20.6. The first-order valence-corrected chi connectivity index (χ1v) is 17.2. The van der Waals surface area contributed by atoms with Gasteiger partial charge in [-0.25, -0.2) is 22.4 Å². The van der Waals surface area contributed by atoms with Crippen molar-refractivity contribution in [3.63, 3.8) is 0 Å². The van der Waals surface area contributed by atoms with Crippen molar-refractivity contribution >= 4 is 73.1 Å². The van der Waals surface area contributed by atoms with Gasteiger partial charge >= 0.3 is 0 Å². The number of halogens is 3. The van der Waals surface area contributed by atoms with E-state index in [9.17, 15) is 8.42 Å². The maximum Gasteiger partial charge on any atom is 0.238 e. The molecule has 2 aliphatic rings. The van der Waals surface area contributed by atoms with Crippen molar-refractivity contribution < 1.29 is 8.42 Å². The summed E-state index contributed by atoms with van der Waals surface area (Å²) in [5, 5.41) is 5.27. The summed E-state index contributed by atoms with van der Waals surface area (Å²) in [5.41, 5.74) is 3.02. The number of rotatable bonds is 7. The Bertz CT molecular complexity index is 1750. The lowest BCUT2D eigenvalue weighted by atomic mass is 10.0. The van der Waals surface area contributed by atoms with Crippen molar-refractivity contribution in [1.82, 2.24) is 23.7 Å². The van der Waals surface area contributed by atoms with E-state index in [2.05, 4.69) is 37.0 Å². The average Bonchev–Trinajstić information content (AvgIpc) is 3.41. The van der Waals surface area contributed by atoms with Gasteiger partial charge < -0.3 is 15.1 Å². The number of hydrogen-bond acceptors (Lipinski definition) is 8. The number of fused-ring (bicyclic) bond motifs is 1. The number of piperazine rings is 1. The molecule has 2 aliphatic heterocycles. The van der Waals surface area contributed by atoms with E-state index in [0.717, 1.165) is 57.8 Å². The summed E-state index contributed by atoms with van der Waals surface area (Å²) in [6, 6.07) is 11.5. The molecule has 2 saturated heterocycles. The first-order valence-electron chi connectivity index (χ1n) is 14.4. The molecular weight excluding hydrogens is 629 g/mol. The maximum atomic E-state index is 12.8. The smallest absolute Gasteiger partial charge is 0.238 e. The molecular formula is C30H34Cl3N7O2S. The lowest BCUT2D eigenvalue weighted by Crippen LogP contribution is -2.52. The number of hydrogen-bond donors (Lipinski definition) is 1. The normalized spacial score (nSPS) is 17.6. The fourth-order valence-electron chi connectivity index (χ4n) is 5.98. The number of likely N-dealkylation sites (N-methyl/N-ethyl adjacent to an activating group) is 1. The third kappa shape index (κ3) is 6.18. The molecule has 2 aromatic carbocycles. The quantitative estimate of drug-likeness (QED) is 0.250. The zero-order chi connectivity index (χ0) is 30.3. The summed E-state index contributed by atoms with van der Waals surface area (Å²) in [6.45, 7) is 7.96. The van der Waals surface area contributed by atoms with Gasteiger partial charge in [-0.2, -0.15) is 0 Å². The minimum Gasteiger partial charge on any atom is -0.370 e. The van der Waals surface area contributed by atoms with Gasteiger partial charge in [-0.1, -0.05) is 53.0 Å². The topological polar surface area (TPSA) is 86.6 Å². The summed E-state index contributed by atoms with van der Waals surface area (Å²) in [6.07, 6.45) is 5.23. The van der Waals surface area contributed by atoms with Crippen molar-refractivity contribution in [3.05, 3.63) is 63.9 Å². The highest BCUT2D eigenvalue weighted by Gasteiger charge is 2.28. The van der Waals surface area contributed by atoms with Crippen LogP contribution in [0.25, 0.3) is 22.2 Å². The second-order valence-electron chi connectivity index (χ2n) is 11.1. The first kappa shape index (κ1) is 30.4. The van der Waals surface area contributed by atoms with Gasteiger partial charge in [0.2, 0.25) is 16.0 Å². The van der Waals surface area contributed by atoms with Gasteiger partial charge in [0.1, 0.15) is 0 Å². The van der Waals surface area contributed by atoms with E-state index in [1.54, 1.807) is 31.3 Å². The number of para-hydroxylation sites is 1. The summed E-state index contributed by atoms with van der Waals surface area (Å²) >= 11 is 20.1. The van der Waals surface area contributed by atoms with Gasteiger partial charge in [0.25, 0.3) is 0 Å². The van der Waals surface area contributed by atoms with Crippen LogP contribution < -0.4 is 10.2 Å². The highest BCUT2D eigenvalue weighted by molar-refractivity contribution is 7.90. The van der Waals surface area contributed by atoms with Gasteiger partial charge in [-0.05, 0) is 45.0 Å². The Balaban J connectivity index is 1.22. The predicted molar refractivity (Wildman–Crippen MR) is 177 cm³/mol. The number of anilines is 3. The van der Waals surface area contributed by atoms with Crippen LogP contribution in [0.15, 0.2) is 48.8 Å². The van der Waals surface area contributed by atoms with E-state index in [0.29, 0.717) is 49.0 Å². The molecule has 4 heterocycles. The molecule has 0 amide bonds. The van der Waals surface area contributed by atoms with Crippen molar-refractivity contribution in [2.75, 3.05) is 62.3 Å². The number of nitrogens with one attached hydrogen (secondary N) is 1. The molecule has 0 unspecified atom stereocenters. The molecule has 13 heteroatoms. The molecule has 2 fully saturated rings. The van der Waals surface area contributed by atoms with Crippen LogP contribution in [0.2, 0.25) is 15.1 Å². The van der Waals surface area contributed by atoms with Crippen molar-refractivity contribution in [1.29, 1.82) is 0 Å². The fraction of sp³-hybridized carbons (Fsp3) is 0.400. The Morgan fingerprint density at radius 2 is 1.67 bits per heavy atom. The zero-order valence-corrected chi connectivity index (χ0v) is 27.2. The number of benzene rings is 2. The van der Waals surface area contributed by atoms with Crippen molar-refractivity contribution in [2.45, 2.75) is 25.8 Å². The van der Waals surface area contributed by atoms with Crippen molar-refractivity contribution in [2.24, 2.45) is 0 Å². The lowest BCUT2D eigenvalue weighted by Gasteiger charge is -2.42. The van der Waals surface area contributed by atoms with Crippen LogP contribution in [0.3, 0.4) is 0 Å². The molecule has 0 bridgehead atoms. The molecule has 0 aliphatic carbocycles. The van der Waals surface area contributed by atoms with Crippen LogP contribution in [0.5, 0.6) is 0 Å². The molecule has 0 saturated carbocycles. The monoisotopic (exact) mass is 661 g/mol. The minimum atomic E-state index is -3.54. The van der Waals surface area contributed by atoms with Crippen LogP contribution in [-0.2, 0) is 10.0 Å². The largest absolute Gasteiger partial charge is 0.370 e.